The van der Waals surface area contributed by atoms with Crippen LogP contribution in [-0.4, -0.2) is 32.0 Å². The molecule has 0 spiro atoms. The first-order valence-electron chi connectivity index (χ1n) is 7.83. The molecule has 0 amide bonds. The maximum atomic E-state index is 5.49. The van der Waals surface area contributed by atoms with Crippen LogP contribution >= 0.6 is 0 Å². The first-order valence-corrected chi connectivity index (χ1v) is 7.83. The lowest BCUT2D eigenvalue weighted by molar-refractivity contribution is 0.122. The Morgan fingerprint density at radius 1 is 1.04 bits per heavy atom. The summed E-state index contributed by atoms with van der Waals surface area (Å²) in [5, 5.41) is 0. The quantitative estimate of drug-likeness (QED) is 0.891. The van der Waals surface area contributed by atoms with Crippen LogP contribution in [-0.2, 0) is 5.54 Å². The lowest BCUT2D eigenvalue weighted by atomic mass is 9.89. The summed E-state index contributed by atoms with van der Waals surface area (Å²) >= 11 is 0. The van der Waals surface area contributed by atoms with Gasteiger partial charge in [-0.3, -0.25) is 4.90 Å². The molecule has 1 unspecified atom stereocenters. The second-order valence-corrected chi connectivity index (χ2v) is 6.46. The first kappa shape index (κ1) is 14.5. The van der Waals surface area contributed by atoms with E-state index in [2.05, 4.69) is 60.1 Å². The van der Waals surface area contributed by atoms with Crippen molar-refractivity contribution in [2.45, 2.75) is 12.5 Å². The van der Waals surface area contributed by atoms with Gasteiger partial charge in [-0.25, -0.2) is 10.9 Å². The van der Waals surface area contributed by atoms with Gasteiger partial charge in [0.2, 0.25) is 6.79 Å². The van der Waals surface area contributed by atoms with Gasteiger partial charge in [0.15, 0.2) is 11.5 Å². The van der Waals surface area contributed by atoms with E-state index in [0.29, 0.717) is 6.79 Å². The Kier molecular flexibility index (Phi) is 3.49. The maximum absolute atomic E-state index is 5.49. The van der Waals surface area contributed by atoms with E-state index in [1.54, 1.807) is 0 Å². The molecule has 2 heterocycles. The number of hydrogen-bond acceptors (Lipinski definition) is 5. The van der Waals surface area contributed by atoms with Crippen LogP contribution in [0.1, 0.15) is 12.5 Å². The van der Waals surface area contributed by atoms with Crippen LogP contribution in [0.25, 0.3) is 11.1 Å². The van der Waals surface area contributed by atoms with Gasteiger partial charge in [-0.05, 0) is 48.9 Å². The molecule has 4 rings (SSSR count). The molecule has 1 saturated heterocycles. The van der Waals surface area contributed by atoms with E-state index in [9.17, 15) is 0 Å². The normalized spacial score (nSPS) is 23.9. The molecule has 0 aliphatic carbocycles. The fourth-order valence-corrected chi connectivity index (χ4v) is 3.29. The highest BCUT2D eigenvalue weighted by Gasteiger charge is 2.31. The van der Waals surface area contributed by atoms with E-state index in [1.165, 1.54) is 11.1 Å². The standard InChI is InChI=1S/C18H21N3O2/c1-18(10-21(2)11-19-20-18)15-5-3-4-13(8-15)14-6-7-16-17(9-14)23-12-22-16/h3-9,19-20H,10-12H2,1-2H3. The molecule has 0 radical (unpaired) electrons. The van der Waals surface area contributed by atoms with Crippen LogP contribution in [0.2, 0.25) is 0 Å². The molecule has 120 valence electrons. The fraction of sp³-hybridized carbons (Fsp3) is 0.333. The third kappa shape index (κ3) is 2.67. The summed E-state index contributed by atoms with van der Waals surface area (Å²) in [6.45, 7) is 4.31. The SMILES string of the molecule is CN1CNNC(C)(c2cccc(-c3ccc4c(c3)OCO4)c2)C1. The van der Waals surface area contributed by atoms with E-state index in [-0.39, 0.29) is 5.54 Å². The first-order chi connectivity index (χ1) is 11.1. The van der Waals surface area contributed by atoms with Gasteiger partial charge in [-0.1, -0.05) is 24.3 Å². The zero-order valence-electron chi connectivity index (χ0n) is 13.4. The summed E-state index contributed by atoms with van der Waals surface area (Å²) in [5.74, 6) is 1.63. The number of likely N-dealkylation sites (N-methyl/N-ethyl adjacent to an activating group) is 1. The topological polar surface area (TPSA) is 45.8 Å². The van der Waals surface area contributed by atoms with E-state index in [1.807, 2.05) is 12.1 Å². The van der Waals surface area contributed by atoms with Gasteiger partial charge in [0.25, 0.3) is 0 Å². The molecule has 2 aliphatic heterocycles. The van der Waals surface area contributed by atoms with Gasteiger partial charge in [-0.15, -0.1) is 0 Å². The van der Waals surface area contributed by atoms with Crippen molar-refractivity contribution in [3.05, 3.63) is 48.0 Å². The monoisotopic (exact) mass is 311 g/mol. The fourth-order valence-electron chi connectivity index (χ4n) is 3.29. The Hall–Kier alpha value is -2.08. The molecule has 2 aromatic rings. The van der Waals surface area contributed by atoms with Gasteiger partial charge in [0.1, 0.15) is 0 Å². The van der Waals surface area contributed by atoms with E-state index >= 15 is 0 Å². The molecule has 2 N–H and O–H groups in total. The summed E-state index contributed by atoms with van der Waals surface area (Å²) in [6, 6.07) is 14.7. The summed E-state index contributed by atoms with van der Waals surface area (Å²) in [5.41, 5.74) is 10.1. The van der Waals surface area contributed by atoms with Crippen molar-refractivity contribution in [3.63, 3.8) is 0 Å². The predicted octanol–water partition coefficient (Wildman–Crippen LogP) is 2.29. The molecule has 1 fully saturated rings. The zero-order chi connectivity index (χ0) is 15.9. The van der Waals surface area contributed by atoms with Gasteiger partial charge < -0.3 is 9.47 Å². The van der Waals surface area contributed by atoms with Crippen molar-refractivity contribution >= 4 is 0 Å². The third-order valence-electron chi connectivity index (χ3n) is 4.51. The molecule has 0 aromatic heterocycles. The molecule has 0 saturated carbocycles. The lowest BCUT2D eigenvalue weighted by Gasteiger charge is -2.40. The average molecular weight is 311 g/mol. The summed E-state index contributed by atoms with van der Waals surface area (Å²) in [4.78, 5) is 2.27. The largest absolute Gasteiger partial charge is 0.454 e. The highest BCUT2D eigenvalue weighted by molar-refractivity contribution is 5.68. The molecular formula is C18H21N3O2. The Morgan fingerprint density at radius 3 is 2.74 bits per heavy atom. The average Bonchev–Trinajstić information content (AvgIpc) is 3.02. The van der Waals surface area contributed by atoms with Gasteiger partial charge >= 0.3 is 0 Å². The van der Waals surface area contributed by atoms with Crippen molar-refractivity contribution in [2.75, 3.05) is 27.1 Å². The van der Waals surface area contributed by atoms with Crippen LogP contribution in [0.5, 0.6) is 11.5 Å². The Labute approximate surface area is 136 Å². The minimum absolute atomic E-state index is 0.126. The molecule has 2 aromatic carbocycles. The second kappa shape index (κ2) is 5.53. The van der Waals surface area contributed by atoms with Gasteiger partial charge in [0.05, 0.1) is 12.2 Å². The van der Waals surface area contributed by atoms with E-state index in [0.717, 1.165) is 30.3 Å². The molecule has 5 heteroatoms. The van der Waals surface area contributed by atoms with Crippen LogP contribution in [0.3, 0.4) is 0 Å². The summed E-state index contributed by atoms with van der Waals surface area (Å²) < 4.78 is 10.9. The number of nitrogens with zero attached hydrogens (tertiary/aromatic N) is 1. The van der Waals surface area contributed by atoms with Crippen LogP contribution in [0.15, 0.2) is 42.5 Å². The van der Waals surface area contributed by atoms with Crippen LogP contribution in [0.4, 0.5) is 0 Å². The van der Waals surface area contributed by atoms with Gasteiger partial charge in [-0.2, -0.15) is 0 Å². The Bertz CT molecular complexity index is 734. The highest BCUT2D eigenvalue weighted by Crippen LogP contribution is 2.36. The van der Waals surface area contributed by atoms with Crippen molar-refractivity contribution in [3.8, 4) is 22.6 Å². The maximum Gasteiger partial charge on any atom is 0.231 e. The van der Waals surface area contributed by atoms with Crippen LogP contribution in [0, 0.1) is 0 Å². The minimum Gasteiger partial charge on any atom is -0.454 e. The van der Waals surface area contributed by atoms with E-state index in [4.69, 9.17) is 9.47 Å². The van der Waals surface area contributed by atoms with Crippen molar-refractivity contribution in [1.82, 2.24) is 15.8 Å². The molecule has 5 nitrogen and oxygen atoms in total. The lowest BCUT2D eigenvalue weighted by Crippen LogP contribution is -2.61. The highest BCUT2D eigenvalue weighted by atomic mass is 16.7. The summed E-state index contributed by atoms with van der Waals surface area (Å²) in [6.07, 6.45) is 0. The van der Waals surface area contributed by atoms with Gasteiger partial charge in [0, 0.05) is 6.54 Å². The molecule has 0 bridgehead atoms. The van der Waals surface area contributed by atoms with Crippen molar-refractivity contribution in [2.24, 2.45) is 0 Å². The zero-order valence-corrected chi connectivity index (χ0v) is 13.4. The van der Waals surface area contributed by atoms with E-state index < -0.39 is 0 Å². The number of benzene rings is 2. The molecule has 1 atom stereocenters. The second-order valence-electron chi connectivity index (χ2n) is 6.46. The number of nitrogens with one attached hydrogen (secondary N) is 2. The summed E-state index contributed by atoms with van der Waals surface area (Å²) in [7, 11) is 2.12. The van der Waals surface area contributed by atoms with Crippen molar-refractivity contribution < 1.29 is 9.47 Å². The Morgan fingerprint density at radius 2 is 1.87 bits per heavy atom. The third-order valence-corrected chi connectivity index (χ3v) is 4.51. The molecule has 23 heavy (non-hydrogen) atoms. The molecule has 2 aliphatic rings. The number of ether oxygens (including phenoxy) is 2. The Balaban J connectivity index is 1.69. The number of hydrogen-bond donors (Lipinski definition) is 2. The number of hydrazine groups is 1. The predicted molar refractivity (Wildman–Crippen MR) is 89.1 cm³/mol. The molecular weight excluding hydrogens is 290 g/mol. The van der Waals surface area contributed by atoms with Crippen molar-refractivity contribution in [1.29, 1.82) is 0 Å². The van der Waals surface area contributed by atoms with Crippen LogP contribution < -0.4 is 20.3 Å². The minimum atomic E-state index is -0.126. The smallest absolute Gasteiger partial charge is 0.231 e. The number of fused-ring (bicyclic) bond motifs is 1. The number of rotatable bonds is 2.